The quantitative estimate of drug-likeness (QED) is 0.771. The van der Waals surface area contributed by atoms with Gasteiger partial charge in [-0.1, -0.05) is 26.0 Å². The Bertz CT molecular complexity index is 563. The standard InChI is InChI=1S/C13H18N2S/c1-8(2)10(4)15-11-7-5-6-9(3)12(11)14-13(15)16/h5-8,10H,1-4H3,(H,14,16). The first-order valence-electron chi connectivity index (χ1n) is 5.72. The molecule has 1 atom stereocenters. The number of para-hydroxylation sites is 1. The predicted octanol–water partition coefficient (Wildman–Crippen LogP) is 4.22. The monoisotopic (exact) mass is 234 g/mol. The lowest BCUT2D eigenvalue weighted by molar-refractivity contribution is 0.413. The summed E-state index contributed by atoms with van der Waals surface area (Å²) in [5.74, 6) is 0.575. The highest BCUT2D eigenvalue weighted by Crippen LogP contribution is 2.25. The van der Waals surface area contributed by atoms with Crippen LogP contribution in [0.2, 0.25) is 0 Å². The Hall–Kier alpha value is -1.09. The Labute approximate surface area is 101 Å². The van der Waals surface area contributed by atoms with Gasteiger partial charge in [-0.25, -0.2) is 0 Å². The minimum absolute atomic E-state index is 0.419. The molecule has 1 aromatic carbocycles. The van der Waals surface area contributed by atoms with E-state index in [-0.39, 0.29) is 0 Å². The van der Waals surface area contributed by atoms with Crippen molar-refractivity contribution >= 4 is 23.3 Å². The minimum Gasteiger partial charge on any atom is -0.330 e. The number of hydrogen-bond acceptors (Lipinski definition) is 1. The van der Waals surface area contributed by atoms with E-state index in [2.05, 4.69) is 55.4 Å². The normalized spacial score (nSPS) is 13.6. The maximum Gasteiger partial charge on any atom is 0.178 e. The highest BCUT2D eigenvalue weighted by Gasteiger charge is 2.14. The molecule has 0 spiro atoms. The maximum absolute atomic E-state index is 5.42. The molecule has 0 radical (unpaired) electrons. The van der Waals surface area contributed by atoms with Crippen molar-refractivity contribution in [1.82, 2.24) is 9.55 Å². The van der Waals surface area contributed by atoms with Crippen molar-refractivity contribution in [3.05, 3.63) is 28.5 Å². The highest BCUT2D eigenvalue weighted by molar-refractivity contribution is 7.71. The summed E-state index contributed by atoms with van der Waals surface area (Å²) in [6.45, 7) is 8.77. The van der Waals surface area contributed by atoms with Gasteiger partial charge in [0.15, 0.2) is 4.77 Å². The van der Waals surface area contributed by atoms with Crippen LogP contribution in [-0.4, -0.2) is 9.55 Å². The van der Waals surface area contributed by atoms with Crippen LogP contribution in [0.1, 0.15) is 32.4 Å². The third kappa shape index (κ3) is 1.69. The molecule has 1 N–H and O–H groups in total. The molecular weight excluding hydrogens is 216 g/mol. The van der Waals surface area contributed by atoms with Gasteiger partial charge in [-0.2, -0.15) is 0 Å². The van der Waals surface area contributed by atoms with Crippen molar-refractivity contribution in [2.24, 2.45) is 5.92 Å². The SMILES string of the molecule is Cc1cccc2c1[nH]c(=S)n2C(C)C(C)C. The van der Waals surface area contributed by atoms with E-state index < -0.39 is 0 Å². The molecule has 3 heteroatoms. The first-order valence-corrected chi connectivity index (χ1v) is 6.13. The van der Waals surface area contributed by atoms with Gasteiger partial charge in [0.1, 0.15) is 0 Å². The summed E-state index contributed by atoms with van der Waals surface area (Å²) >= 11 is 5.42. The lowest BCUT2D eigenvalue weighted by Crippen LogP contribution is -2.11. The van der Waals surface area contributed by atoms with Gasteiger partial charge in [-0.3, -0.25) is 0 Å². The van der Waals surface area contributed by atoms with Gasteiger partial charge in [-0.15, -0.1) is 0 Å². The molecule has 0 aliphatic heterocycles. The van der Waals surface area contributed by atoms with Gasteiger partial charge < -0.3 is 9.55 Å². The van der Waals surface area contributed by atoms with E-state index in [9.17, 15) is 0 Å². The number of aromatic amines is 1. The number of hydrogen-bond donors (Lipinski definition) is 1. The van der Waals surface area contributed by atoms with E-state index in [1.807, 2.05) is 0 Å². The van der Waals surface area contributed by atoms with Crippen LogP contribution in [0.4, 0.5) is 0 Å². The van der Waals surface area contributed by atoms with E-state index in [0.717, 1.165) is 4.77 Å². The summed E-state index contributed by atoms with van der Waals surface area (Å²) in [5.41, 5.74) is 3.63. The molecule has 1 aromatic heterocycles. The fraction of sp³-hybridized carbons (Fsp3) is 0.462. The zero-order valence-electron chi connectivity index (χ0n) is 10.2. The van der Waals surface area contributed by atoms with Crippen molar-refractivity contribution in [3.63, 3.8) is 0 Å². The average Bonchev–Trinajstić information content (AvgIpc) is 2.55. The Morgan fingerprint density at radius 3 is 2.56 bits per heavy atom. The highest BCUT2D eigenvalue weighted by atomic mass is 32.1. The fourth-order valence-electron chi connectivity index (χ4n) is 1.99. The molecule has 1 unspecified atom stereocenters. The zero-order chi connectivity index (χ0) is 11.9. The summed E-state index contributed by atoms with van der Waals surface area (Å²) in [6, 6.07) is 6.75. The molecule has 16 heavy (non-hydrogen) atoms. The lowest BCUT2D eigenvalue weighted by Gasteiger charge is -2.18. The smallest absolute Gasteiger partial charge is 0.178 e. The van der Waals surface area contributed by atoms with Crippen LogP contribution in [0.25, 0.3) is 11.0 Å². The number of nitrogens with zero attached hydrogens (tertiary/aromatic N) is 1. The van der Waals surface area contributed by atoms with Gasteiger partial charge in [0.25, 0.3) is 0 Å². The van der Waals surface area contributed by atoms with Crippen molar-refractivity contribution in [1.29, 1.82) is 0 Å². The summed E-state index contributed by atoms with van der Waals surface area (Å²) in [4.78, 5) is 3.31. The molecule has 0 saturated heterocycles. The number of H-pyrrole nitrogens is 1. The Morgan fingerprint density at radius 1 is 1.25 bits per heavy atom. The van der Waals surface area contributed by atoms with Crippen molar-refractivity contribution < 1.29 is 0 Å². The van der Waals surface area contributed by atoms with Gasteiger partial charge in [0.05, 0.1) is 11.0 Å². The summed E-state index contributed by atoms with van der Waals surface area (Å²) in [7, 11) is 0. The summed E-state index contributed by atoms with van der Waals surface area (Å²) in [6.07, 6.45) is 0. The van der Waals surface area contributed by atoms with Crippen LogP contribution in [0, 0.1) is 17.6 Å². The molecule has 0 amide bonds. The second-order valence-corrected chi connectivity index (χ2v) is 5.14. The Balaban J connectivity index is 2.75. The lowest BCUT2D eigenvalue weighted by atomic mass is 10.1. The number of nitrogens with one attached hydrogen (secondary N) is 1. The molecular formula is C13H18N2S. The van der Waals surface area contributed by atoms with E-state index >= 15 is 0 Å². The first-order chi connectivity index (χ1) is 7.52. The van der Waals surface area contributed by atoms with Crippen LogP contribution < -0.4 is 0 Å². The molecule has 0 bridgehead atoms. The summed E-state index contributed by atoms with van der Waals surface area (Å²) in [5, 5.41) is 0. The van der Waals surface area contributed by atoms with Gasteiger partial charge in [0, 0.05) is 6.04 Å². The van der Waals surface area contributed by atoms with E-state index in [0.29, 0.717) is 12.0 Å². The topological polar surface area (TPSA) is 20.7 Å². The minimum atomic E-state index is 0.419. The van der Waals surface area contributed by atoms with E-state index in [1.54, 1.807) is 0 Å². The molecule has 2 nitrogen and oxygen atoms in total. The third-order valence-electron chi connectivity index (χ3n) is 3.33. The predicted molar refractivity (Wildman–Crippen MR) is 71.4 cm³/mol. The molecule has 0 aliphatic carbocycles. The van der Waals surface area contributed by atoms with Crippen molar-refractivity contribution in [3.8, 4) is 0 Å². The van der Waals surface area contributed by atoms with Gasteiger partial charge in [-0.05, 0) is 43.6 Å². The van der Waals surface area contributed by atoms with E-state index in [4.69, 9.17) is 12.2 Å². The molecule has 0 fully saturated rings. The van der Waals surface area contributed by atoms with Crippen LogP contribution in [-0.2, 0) is 0 Å². The second-order valence-electron chi connectivity index (χ2n) is 4.75. The number of imidazole rings is 1. The van der Waals surface area contributed by atoms with Gasteiger partial charge in [0.2, 0.25) is 0 Å². The Morgan fingerprint density at radius 2 is 1.94 bits per heavy atom. The van der Waals surface area contributed by atoms with Crippen LogP contribution >= 0.6 is 12.2 Å². The third-order valence-corrected chi connectivity index (χ3v) is 3.63. The van der Waals surface area contributed by atoms with E-state index in [1.165, 1.54) is 16.6 Å². The molecule has 0 aliphatic rings. The van der Waals surface area contributed by atoms with Crippen LogP contribution in [0.15, 0.2) is 18.2 Å². The second kappa shape index (κ2) is 4.06. The molecule has 1 heterocycles. The largest absolute Gasteiger partial charge is 0.330 e. The first kappa shape index (κ1) is 11.4. The molecule has 86 valence electrons. The number of rotatable bonds is 2. The van der Waals surface area contributed by atoms with Crippen molar-refractivity contribution in [2.75, 3.05) is 0 Å². The van der Waals surface area contributed by atoms with Gasteiger partial charge >= 0.3 is 0 Å². The number of aromatic nitrogens is 2. The fourth-order valence-corrected chi connectivity index (χ4v) is 2.36. The number of fused-ring (bicyclic) bond motifs is 1. The Kier molecular flexibility index (Phi) is 2.89. The maximum atomic E-state index is 5.42. The van der Waals surface area contributed by atoms with Crippen molar-refractivity contribution in [2.45, 2.75) is 33.7 Å². The van der Waals surface area contributed by atoms with Crippen LogP contribution in [0.5, 0.6) is 0 Å². The molecule has 0 saturated carbocycles. The average molecular weight is 234 g/mol. The molecule has 2 aromatic rings. The number of benzene rings is 1. The molecule has 2 rings (SSSR count). The zero-order valence-corrected chi connectivity index (χ0v) is 11.1. The summed E-state index contributed by atoms with van der Waals surface area (Å²) < 4.78 is 3.05. The van der Waals surface area contributed by atoms with Crippen LogP contribution in [0.3, 0.4) is 0 Å². The number of aryl methyl sites for hydroxylation is 1.